The summed E-state index contributed by atoms with van der Waals surface area (Å²) in [6.45, 7) is 0. The Labute approximate surface area is 138 Å². The Balaban J connectivity index is 2.18. The molecular formula is C17H16ClNO4. The van der Waals surface area contributed by atoms with Crippen LogP contribution in [-0.4, -0.2) is 24.1 Å². The second kappa shape index (κ2) is 7.65. The summed E-state index contributed by atoms with van der Waals surface area (Å²) in [5, 5.41) is 12.3. The van der Waals surface area contributed by atoms with Crippen molar-refractivity contribution in [3.8, 4) is 5.75 Å². The number of carbonyl (C=O) groups excluding carboxylic acids is 1. The van der Waals surface area contributed by atoms with E-state index in [9.17, 15) is 9.59 Å². The fraction of sp³-hybridized carbons (Fsp3) is 0.176. The number of halogens is 1. The number of ether oxygens (including phenoxy) is 1. The van der Waals surface area contributed by atoms with Gasteiger partial charge in [0.25, 0.3) is 5.91 Å². The second-order valence-corrected chi connectivity index (χ2v) is 5.34. The lowest BCUT2D eigenvalue weighted by Gasteiger charge is -2.18. The third-order valence-electron chi connectivity index (χ3n) is 3.31. The molecule has 0 bridgehead atoms. The fourth-order valence-corrected chi connectivity index (χ4v) is 2.23. The Morgan fingerprint density at radius 1 is 1.13 bits per heavy atom. The van der Waals surface area contributed by atoms with Crippen LogP contribution in [0.1, 0.15) is 28.4 Å². The maximum Gasteiger partial charge on any atom is 0.305 e. The minimum Gasteiger partial charge on any atom is -0.497 e. The quantitative estimate of drug-likeness (QED) is 0.850. The van der Waals surface area contributed by atoms with Gasteiger partial charge in [-0.25, -0.2) is 0 Å². The van der Waals surface area contributed by atoms with Crippen LogP contribution in [0.15, 0.2) is 48.5 Å². The molecule has 2 rings (SSSR count). The topological polar surface area (TPSA) is 75.6 Å². The predicted molar refractivity (Wildman–Crippen MR) is 86.9 cm³/mol. The highest BCUT2D eigenvalue weighted by Gasteiger charge is 2.19. The van der Waals surface area contributed by atoms with E-state index in [2.05, 4.69) is 5.32 Å². The van der Waals surface area contributed by atoms with Crippen molar-refractivity contribution in [2.24, 2.45) is 0 Å². The van der Waals surface area contributed by atoms with Gasteiger partial charge in [0.15, 0.2) is 0 Å². The highest BCUT2D eigenvalue weighted by atomic mass is 35.5. The van der Waals surface area contributed by atoms with Crippen molar-refractivity contribution in [2.45, 2.75) is 12.5 Å². The third kappa shape index (κ3) is 4.72. The van der Waals surface area contributed by atoms with Crippen LogP contribution >= 0.6 is 11.6 Å². The molecule has 0 unspecified atom stereocenters. The average Bonchev–Trinajstić information content (AvgIpc) is 2.54. The largest absolute Gasteiger partial charge is 0.497 e. The van der Waals surface area contributed by atoms with E-state index in [1.165, 1.54) is 0 Å². The molecule has 0 spiro atoms. The smallest absolute Gasteiger partial charge is 0.305 e. The van der Waals surface area contributed by atoms with Crippen LogP contribution in [0.4, 0.5) is 0 Å². The van der Waals surface area contributed by atoms with Gasteiger partial charge >= 0.3 is 5.97 Å². The molecule has 1 atom stereocenters. The first-order valence-corrected chi connectivity index (χ1v) is 7.29. The van der Waals surface area contributed by atoms with Crippen LogP contribution in [0.2, 0.25) is 5.02 Å². The molecule has 2 aromatic rings. The number of hydrogen-bond acceptors (Lipinski definition) is 3. The molecular weight excluding hydrogens is 318 g/mol. The third-order valence-corrected chi connectivity index (χ3v) is 3.56. The normalized spacial score (nSPS) is 11.6. The fourth-order valence-electron chi connectivity index (χ4n) is 2.11. The van der Waals surface area contributed by atoms with Crippen LogP contribution in [0.25, 0.3) is 0 Å². The van der Waals surface area contributed by atoms with E-state index in [-0.39, 0.29) is 12.3 Å². The first-order chi connectivity index (χ1) is 11.0. The summed E-state index contributed by atoms with van der Waals surface area (Å²) in [5.41, 5.74) is 1.11. The van der Waals surface area contributed by atoms with Crippen LogP contribution < -0.4 is 10.1 Å². The van der Waals surface area contributed by atoms with Crippen molar-refractivity contribution < 1.29 is 19.4 Å². The molecule has 0 saturated heterocycles. The lowest BCUT2D eigenvalue weighted by atomic mass is 10.0. The number of carbonyl (C=O) groups is 2. The highest BCUT2D eigenvalue weighted by Crippen LogP contribution is 2.21. The molecule has 5 nitrogen and oxygen atoms in total. The van der Waals surface area contributed by atoms with E-state index < -0.39 is 12.0 Å². The van der Waals surface area contributed by atoms with Gasteiger partial charge in [-0.2, -0.15) is 0 Å². The maximum absolute atomic E-state index is 12.3. The summed E-state index contributed by atoms with van der Waals surface area (Å²) >= 11 is 5.79. The van der Waals surface area contributed by atoms with E-state index in [4.69, 9.17) is 21.4 Å². The van der Waals surface area contributed by atoms with Gasteiger partial charge in [0.2, 0.25) is 0 Å². The van der Waals surface area contributed by atoms with Crippen molar-refractivity contribution >= 4 is 23.5 Å². The maximum atomic E-state index is 12.3. The molecule has 0 heterocycles. The van der Waals surface area contributed by atoms with Gasteiger partial charge in [-0.3, -0.25) is 9.59 Å². The molecule has 0 aliphatic heterocycles. The Hall–Kier alpha value is -2.53. The molecule has 120 valence electrons. The summed E-state index contributed by atoms with van der Waals surface area (Å²) in [6.07, 6.45) is -0.217. The predicted octanol–water partition coefficient (Wildman–Crippen LogP) is 3.29. The van der Waals surface area contributed by atoms with Crippen LogP contribution in [0.5, 0.6) is 5.75 Å². The molecule has 0 aliphatic carbocycles. The zero-order chi connectivity index (χ0) is 16.8. The summed E-state index contributed by atoms with van der Waals surface area (Å²) < 4.78 is 5.08. The molecule has 2 aromatic carbocycles. The van der Waals surface area contributed by atoms with Gasteiger partial charge in [0.05, 0.1) is 19.6 Å². The number of carboxylic acids is 1. The number of nitrogens with one attached hydrogen (secondary N) is 1. The van der Waals surface area contributed by atoms with E-state index in [1.807, 2.05) is 0 Å². The van der Waals surface area contributed by atoms with Crippen molar-refractivity contribution in [2.75, 3.05) is 7.11 Å². The molecule has 6 heteroatoms. The minimum atomic E-state index is -0.998. The average molecular weight is 334 g/mol. The monoisotopic (exact) mass is 333 g/mol. The number of amides is 1. The first-order valence-electron chi connectivity index (χ1n) is 6.92. The van der Waals surface area contributed by atoms with E-state index in [0.29, 0.717) is 21.9 Å². The second-order valence-electron chi connectivity index (χ2n) is 4.90. The van der Waals surface area contributed by atoms with E-state index in [0.717, 1.165) is 0 Å². The van der Waals surface area contributed by atoms with Crippen LogP contribution in [-0.2, 0) is 4.79 Å². The van der Waals surface area contributed by atoms with Crippen molar-refractivity contribution in [1.29, 1.82) is 0 Å². The lowest BCUT2D eigenvalue weighted by Crippen LogP contribution is -2.30. The SMILES string of the molecule is COc1ccc([C@@H](CC(=O)O)NC(=O)c2ccc(Cl)cc2)cc1. The standard InChI is InChI=1S/C17H16ClNO4/c1-23-14-8-4-11(5-9-14)15(10-16(20)21)19-17(22)12-2-6-13(18)7-3-12/h2-9,15H,10H2,1H3,(H,19,22)(H,20,21)/t15-/m1/s1. The molecule has 0 radical (unpaired) electrons. The van der Waals surface area contributed by atoms with Crippen LogP contribution in [0.3, 0.4) is 0 Å². The van der Waals surface area contributed by atoms with Crippen molar-refractivity contribution in [3.63, 3.8) is 0 Å². The van der Waals surface area contributed by atoms with E-state index >= 15 is 0 Å². The zero-order valence-corrected chi connectivity index (χ0v) is 13.2. The molecule has 0 saturated carbocycles. The zero-order valence-electron chi connectivity index (χ0n) is 12.5. The van der Waals surface area contributed by atoms with E-state index in [1.54, 1.807) is 55.6 Å². The number of benzene rings is 2. The Bertz CT molecular complexity index is 683. The minimum absolute atomic E-state index is 0.217. The number of carboxylic acid groups (broad SMARTS) is 1. The summed E-state index contributed by atoms with van der Waals surface area (Å²) in [7, 11) is 1.55. The molecule has 2 N–H and O–H groups in total. The highest BCUT2D eigenvalue weighted by molar-refractivity contribution is 6.30. The number of hydrogen-bond donors (Lipinski definition) is 2. The number of rotatable bonds is 6. The lowest BCUT2D eigenvalue weighted by molar-refractivity contribution is -0.137. The molecule has 0 aliphatic rings. The Morgan fingerprint density at radius 3 is 2.26 bits per heavy atom. The Morgan fingerprint density at radius 2 is 1.74 bits per heavy atom. The molecule has 23 heavy (non-hydrogen) atoms. The molecule has 0 fully saturated rings. The van der Waals surface area contributed by atoms with Gasteiger partial charge in [-0.05, 0) is 42.0 Å². The molecule has 1 amide bonds. The number of methoxy groups -OCH3 is 1. The molecule has 0 aromatic heterocycles. The van der Waals surface area contributed by atoms with Crippen molar-refractivity contribution in [1.82, 2.24) is 5.32 Å². The van der Waals surface area contributed by atoms with Crippen molar-refractivity contribution in [3.05, 3.63) is 64.7 Å². The van der Waals surface area contributed by atoms with Gasteiger partial charge in [0.1, 0.15) is 5.75 Å². The Kier molecular flexibility index (Phi) is 5.60. The number of aliphatic carboxylic acids is 1. The first kappa shape index (κ1) is 16.8. The van der Waals surface area contributed by atoms with Crippen LogP contribution in [0, 0.1) is 0 Å². The van der Waals surface area contributed by atoms with Gasteiger partial charge < -0.3 is 15.2 Å². The van der Waals surface area contributed by atoms with Gasteiger partial charge in [0, 0.05) is 10.6 Å². The van der Waals surface area contributed by atoms with Gasteiger partial charge in [-0.1, -0.05) is 23.7 Å². The van der Waals surface area contributed by atoms with Gasteiger partial charge in [-0.15, -0.1) is 0 Å². The summed E-state index contributed by atoms with van der Waals surface area (Å²) in [6, 6.07) is 12.7. The summed E-state index contributed by atoms with van der Waals surface area (Å²) in [5.74, 6) is -0.696. The summed E-state index contributed by atoms with van der Waals surface area (Å²) in [4.78, 5) is 23.3.